The van der Waals surface area contributed by atoms with Gasteiger partial charge in [-0.15, -0.1) is 0 Å². The van der Waals surface area contributed by atoms with Crippen LogP contribution in [0.25, 0.3) is 11.3 Å². The number of rotatable bonds is 17. The highest BCUT2D eigenvalue weighted by atomic mass is 16.2. The predicted octanol–water partition coefficient (Wildman–Crippen LogP) is 6.86. The van der Waals surface area contributed by atoms with Gasteiger partial charge in [-0.05, 0) is 97.8 Å². The van der Waals surface area contributed by atoms with E-state index in [-0.39, 0.29) is 24.7 Å². The Morgan fingerprint density at radius 2 is 1.60 bits per heavy atom. The number of hydrogen-bond acceptors (Lipinski definition) is 11. The monoisotopic (exact) mass is 875 g/mol. The van der Waals surface area contributed by atoms with Crippen LogP contribution in [0.1, 0.15) is 106 Å². The summed E-state index contributed by atoms with van der Waals surface area (Å²) in [4.78, 5) is 95.3. The first-order valence-electron chi connectivity index (χ1n) is 22.5. The fourth-order valence-corrected chi connectivity index (χ4v) is 8.68. The van der Waals surface area contributed by atoms with E-state index in [1.807, 2.05) is 78.6 Å². The van der Waals surface area contributed by atoms with Crippen LogP contribution < -0.4 is 16.0 Å². The van der Waals surface area contributed by atoms with Crippen molar-refractivity contribution in [3.05, 3.63) is 131 Å². The van der Waals surface area contributed by atoms with Gasteiger partial charge in [-0.25, -0.2) is 9.97 Å². The lowest BCUT2D eigenvalue weighted by Crippen LogP contribution is -2.54. The standard InChI is InChI=1S/C50H53N9O6/c1-33-15-20-38(30-41(33)55-50-52-25-23-40(54-50)37-12-9-24-51-31-37)53-46(62)36-18-16-34(17-19-36)32-57-26-28-58(29-27-57)44(61)14-7-5-3-2-4-6-10-35-11-8-13-39-45(35)49(65)59(48(39)64)42-21-22-43(60)56-47(42)63/h8-9,11-13,15-20,23-25,30-31,42H,2-7,10,14,21-22,26-29,32H2,1H3,(H,53,62)(H,52,54,55)(H,56,60,63). The molecule has 15 nitrogen and oxygen atoms in total. The van der Waals surface area contributed by atoms with Gasteiger partial charge in [-0.1, -0.05) is 56.0 Å². The van der Waals surface area contributed by atoms with E-state index in [9.17, 15) is 28.8 Å². The van der Waals surface area contributed by atoms with Crippen molar-refractivity contribution in [2.75, 3.05) is 36.8 Å². The summed E-state index contributed by atoms with van der Waals surface area (Å²) in [5, 5.41) is 8.53. The zero-order valence-corrected chi connectivity index (χ0v) is 36.6. The number of imide groups is 2. The number of carbonyl (C=O) groups is 6. The van der Waals surface area contributed by atoms with Gasteiger partial charge in [0.2, 0.25) is 23.7 Å². The lowest BCUT2D eigenvalue weighted by Gasteiger charge is -2.35. The minimum Gasteiger partial charge on any atom is -0.340 e. The van der Waals surface area contributed by atoms with Crippen molar-refractivity contribution in [3.8, 4) is 11.3 Å². The molecule has 2 saturated heterocycles. The molecule has 1 unspecified atom stereocenters. The highest BCUT2D eigenvalue weighted by molar-refractivity contribution is 6.24. The maximum Gasteiger partial charge on any atom is 0.262 e. The van der Waals surface area contributed by atoms with E-state index in [0.29, 0.717) is 54.3 Å². The summed E-state index contributed by atoms with van der Waals surface area (Å²) >= 11 is 0. The average Bonchev–Trinajstić information content (AvgIpc) is 3.57. The Bertz CT molecular complexity index is 2580. The van der Waals surface area contributed by atoms with Crippen LogP contribution >= 0.6 is 0 Å². The van der Waals surface area contributed by atoms with Gasteiger partial charge < -0.3 is 15.5 Å². The van der Waals surface area contributed by atoms with Crippen LogP contribution in [0.2, 0.25) is 0 Å². The number of pyridine rings is 1. The third-order valence-electron chi connectivity index (χ3n) is 12.3. The van der Waals surface area contributed by atoms with Crippen LogP contribution in [0.5, 0.6) is 0 Å². The Kier molecular flexibility index (Phi) is 14.1. The Balaban J connectivity index is 0.710. The minimum atomic E-state index is -0.972. The number of fused-ring (bicyclic) bond motifs is 1. The summed E-state index contributed by atoms with van der Waals surface area (Å²) in [5.41, 5.74) is 7.19. The Morgan fingerprint density at radius 1 is 0.815 bits per heavy atom. The zero-order valence-electron chi connectivity index (χ0n) is 36.6. The number of carbonyl (C=O) groups excluding carboxylic acids is 6. The van der Waals surface area contributed by atoms with Crippen molar-refractivity contribution < 1.29 is 28.8 Å². The second-order valence-corrected chi connectivity index (χ2v) is 16.9. The number of aromatic nitrogens is 3. The molecule has 3 aliphatic rings. The first-order valence-corrected chi connectivity index (χ1v) is 22.5. The number of nitrogens with one attached hydrogen (secondary N) is 3. The maximum absolute atomic E-state index is 13.4. The van der Waals surface area contributed by atoms with Gasteiger partial charge in [0.25, 0.3) is 17.7 Å². The SMILES string of the molecule is Cc1ccc(NC(=O)c2ccc(CN3CCN(C(=O)CCCCCCCCc4cccc5c4C(=O)N(C4CCC(=O)NC4=O)C5=O)CC3)cc2)cc1Nc1nccc(-c2cccnc2)n1. The van der Waals surface area contributed by atoms with E-state index in [1.165, 1.54) is 0 Å². The summed E-state index contributed by atoms with van der Waals surface area (Å²) in [7, 11) is 0. The van der Waals surface area contributed by atoms with Gasteiger partial charge >= 0.3 is 0 Å². The van der Waals surface area contributed by atoms with Crippen molar-refractivity contribution in [3.63, 3.8) is 0 Å². The molecule has 6 amide bonds. The smallest absolute Gasteiger partial charge is 0.262 e. The molecule has 2 fully saturated rings. The first-order chi connectivity index (χ1) is 31.6. The van der Waals surface area contributed by atoms with Gasteiger partial charge in [0, 0.05) is 86.7 Å². The maximum atomic E-state index is 13.4. The molecule has 0 saturated carbocycles. The van der Waals surface area contributed by atoms with E-state index < -0.39 is 29.7 Å². The van der Waals surface area contributed by atoms with Gasteiger partial charge in [0.1, 0.15) is 6.04 Å². The number of nitrogens with zero attached hydrogens (tertiary/aromatic N) is 6. The quantitative estimate of drug-likeness (QED) is 0.0655. The minimum absolute atomic E-state index is 0.0891. The lowest BCUT2D eigenvalue weighted by atomic mass is 9.97. The molecule has 334 valence electrons. The van der Waals surface area contributed by atoms with E-state index >= 15 is 0 Å². The van der Waals surface area contributed by atoms with Crippen molar-refractivity contribution in [2.24, 2.45) is 0 Å². The van der Waals surface area contributed by atoms with Crippen LogP contribution in [0.15, 0.2) is 97.5 Å². The summed E-state index contributed by atoms with van der Waals surface area (Å²) in [6.45, 7) is 5.67. The fourth-order valence-electron chi connectivity index (χ4n) is 8.68. The number of anilines is 3. The van der Waals surface area contributed by atoms with Crippen molar-refractivity contribution in [2.45, 2.75) is 83.7 Å². The highest BCUT2D eigenvalue weighted by Crippen LogP contribution is 2.31. The van der Waals surface area contributed by atoms with E-state index in [0.717, 1.165) is 96.7 Å². The summed E-state index contributed by atoms with van der Waals surface area (Å²) in [6, 6.07) is 23.3. The molecule has 0 radical (unpaired) electrons. The number of unbranched alkanes of at least 4 members (excludes halogenated alkanes) is 5. The third-order valence-corrected chi connectivity index (χ3v) is 12.3. The second-order valence-electron chi connectivity index (χ2n) is 16.9. The Morgan fingerprint density at radius 3 is 2.37 bits per heavy atom. The van der Waals surface area contributed by atoms with Gasteiger partial charge in [-0.3, -0.25) is 48.9 Å². The molecule has 15 heteroatoms. The number of piperazine rings is 1. The first kappa shape index (κ1) is 44.5. The topological polar surface area (TPSA) is 187 Å². The second kappa shape index (κ2) is 20.6. The molecule has 5 heterocycles. The summed E-state index contributed by atoms with van der Waals surface area (Å²) in [5.74, 6) is -1.52. The molecule has 0 spiro atoms. The fraction of sp³-hybridized carbons (Fsp3) is 0.340. The van der Waals surface area contributed by atoms with E-state index in [2.05, 4.69) is 35.8 Å². The molecule has 0 bridgehead atoms. The Labute approximate surface area is 378 Å². The van der Waals surface area contributed by atoms with Gasteiger partial charge in [-0.2, -0.15) is 0 Å². The number of aryl methyl sites for hydroxylation is 2. The van der Waals surface area contributed by atoms with Crippen LogP contribution in [0.4, 0.5) is 17.3 Å². The number of piperidine rings is 1. The third kappa shape index (κ3) is 10.8. The molecular weight excluding hydrogens is 823 g/mol. The number of benzene rings is 3. The van der Waals surface area contributed by atoms with Crippen molar-refractivity contribution in [1.82, 2.24) is 35.0 Å². The van der Waals surface area contributed by atoms with Crippen LogP contribution in [0.3, 0.4) is 0 Å². The molecule has 3 aliphatic heterocycles. The molecular formula is C50H53N9O6. The highest BCUT2D eigenvalue weighted by Gasteiger charge is 2.45. The largest absolute Gasteiger partial charge is 0.340 e. The summed E-state index contributed by atoms with van der Waals surface area (Å²) in [6.07, 6.45) is 12.2. The van der Waals surface area contributed by atoms with Gasteiger partial charge in [0.15, 0.2) is 0 Å². The van der Waals surface area contributed by atoms with E-state index in [1.54, 1.807) is 30.7 Å². The lowest BCUT2D eigenvalue weighted by molar-refractivity contribution is -0.136. The zero-order chi connectivity index (χ0) is 45.3. The average molecular weight is 876 g/mol. The Hall–Kier alpha value is -7.13. The molecule has 8 rings (SSSR count). The molecule has 2 aromatic heterocycles. The van der Waals surface area contributed by atoms with Crippen LogP contribution in [-0.2, 0) is 27.3 Å². The summed E-state index contributed by atoms with van der Waals surface area (Å²) < 4.78 is 0. The molecule has 65 heavy (non-hydrogen) atoms. The molecule has 3 aromatic carbocycles. The predicted molar refractivity (Wildman–Crippen MR) is 245 cm³/mol. The number of amides is 6. The molecule has 5 aromatic rings. The molecule has 0 aliphatic carbocycles. The van der Waals surface area contributed by atoms with Crippen LogP contribution in [0, 0.1) is 6.92 Å². The molecule has 1 atom stereocenters. The number of hydrogen-bond donors (Lipinski definition) is 3. The van der Waals surface area contributed by atoms with E-state index in [4.69, 9.17) is 0 Å². The van der Waals surface area contributed by atoms with Crippen molar-refractivity contribution >= 4 is 52.8 Å². The van der Waals surface area contributed by atoms with Gasteiger partial charge in [0.05, 0.1) is 16.8 Å². The normalized spacial score (nSPS) is 16.4. The van der Waals surface area contributed by atoms with Crippen molar-refractivity contribution in [1.29, 1.82) is 0 Å². The molecule has 3 N–H and O–H groups in total. The van der Waals surface area contributed by atoms with Crippen LogP contribution in [-0.4, -0.2) is 97.3 Å².